The van der Waals surface area contributed by atoms with Crippen LogP contribution < -0.4 is 10.6 Å². The topological polar surface area (TPSA) is 61.4 Å². The van der Waals surface area contributed by atoms with Crippen molar-refractivity contribution in [1.29, 1.82) is 0 Å². The highest BCUT2D eigenvalue weighted by Gasteiger charge is 2.27. The van der Waals surface area contributed by atoms with Gasteiger partial charge in [-0.25, -0.2) is 0 Å². The summed E-state index contributed by atoms with van der Waals surface area (Å²) >= 11 is 0. The van der Waals surface area contributed by atoms with Crippen molar-refractivity contribution in [2.45, 2.75) is 46.5 Å². The molecule has 1 aliphatic rings. The van der Waals surface area contributed by atoms with Crippen LogP contribution in [0.1, 0.15) is 67.2 Å². The molecule has 1 heterocycles. The zero-order valence-electron chi connectivity index (χ0n) is 16.8. The maximum absolute atomic E-state index is 12.7. The number of carbonyl (C=O) groups excluding carboxylic acids is 2. The van der Waals surface area contributed by atoms with Crippen LogP contribution in [0, 0.1) is 5.41 Å². The molecule has 1 aliphatic heterocycles. The van der Waals surface area contributed by atoms with Crippen molar-refractivity contribution in [3.05, 3.63) is 35.4 Å². The zero-order chi connectivity index (χ0) is 19.0. The summed E-state index contributed by atoms with van der Waals surface area (Å²) in [6, 6.07) is 7.09. The molecule has 0 aliphatic carbocycles. The van der Waals surface area contributed by atoms with Gasteiger partial charge in [0, 0.05) is 30.8 Å². The molecule has 0 atom stereocenters. The lowest BCUT2D eigenvalue weighted by Gasteiger charge is -2.34. The van der Waals surface area contributed by atoms with Gasteiger partial charge in [0.05, 0.1) is 0 Å². The highest BCUT2D eigenvalue weighted by molar-refractivity contribution is 5.99. The van der Waals surface area contributed by atoms with Crippen molar-refractivity contribution in [3.8, 4) is 0 Å². The van der Waals surface area contributed by atoms with Gasteiger partial charge in [-0.05, 0) is 62.4 Å². The summed E-state index contributed by atoms with van der Waals surface area (Å²) in [5.74, 6) is -0.0920. The fourth-order valence-electron chi connectivity index (χ4n) is 3.43. The molecule has 0 bridgehead atoms. The Morgan fingerprint density at radius 3 is 2.30 bits per heavy atom. The van der Waals surface area contributed by atoms with Gasteiger partial charge in [-0.3, -0.25) is 9.59 Å². The summed E-state index contributed by atoms with van der Waals surface area (Å²) in [5, 5.41) is 6.42. The first kappa shape index (κ1) is 23.4. The second kappa shape index (κ2) is 11.3. The molecule has 152 valence electrons. The minimum atomic E-state index is -0.100. The molecule has 6 heteroatoms. The number of hydrogen-bond acceptors (Lipinski definition) is 3. The standard InChI is InChI=1S/C21H33N3O2.ClH/c1-4-13-24(14-5-2)20(26)18-8-6-7-17(15-18)19(25)23-16-21(3)9-11-22-12-10-21;/h6-8,15,22H,4-5,9-14,16H2,1-3H3,(H,23,25);1H. The van der Waals surface area contributed by atoms with Gasteiger partial charge in [0.1, 0.15) is 0 Å². The predicted octanol–water partition coefficient (Wildman–Crippen LogP) is 3.49. The van der Waals surface area contributed by atoms with Gasteiger partial charge in [0.25, 0.3) is 11.8 Å². The van der Waals surface area contributed by atoms with Crippen LogP contribution in [0.15, 0.2) is 24.3 Å². The summed E-state index contributed by atoms with van der Waals surface area (Å²) in [4.78, 5) is 27.2. The molecule has 1 fully saturated rings. The third-order valence-corrected chi connectivity index (χ3v) is 5.13. The van der Waals surface area contributed by atoms with E-state index in [4.69, 9.17) is 0 Å². The third-order valence-electron chi connectivity index (χ3n) is 5.13. The van der Waals surface area contributed by atoms with Crippen LogP contribution in [0.5, 0.6) is 0 Å². The van der Waals surface area contributed by atoms with Crippen molar-refractivity contribution in [2.75, 3.05) is 32.7 Å². The lowest BCUT2D eigenvalue weighted by molar-refractivity contribution is 0.0755. The Kier molecular flexibility index (Phi) is 9.81. The first-order valence-electron chi connectivity index (χ1n) is 9.87. The molecule has 0 spiro atoms. The summed E-state index contributed by atoms with van der Waals surface area (Å²) < 4.78 is 0. The monoisotopic (exact) mass is 395 g/mol. The van der Waals surface area contributed by atoms with E-state index in [2.05, 4.69) is 31.4 Å². The van der Waals surface area contributed by atoms with Crippen LogP contribution in [0.25, 0.3) is 0 Å². The van der Waals surface area contributed by atoms with Crippen molar-refractivity contribution in [2.24, 2.45) is 5.41 Å². The van der Waals surface area contributed by atoms with Crippen molar-refractivity contribution in [3.63, 3.8) is 0 Å². The molecular weight excluding hydrogens is 362 g/mol. The van der Waals surface area contributed by atoms with Crippen LogP contribution >= 0.6 is 12.4 Å². The SMILES string of the molecule is CCCN(CCC)C(=O)c1cccc(C(=O)NCC2(C)CCNCC2)c1.Cl. The van der Waals surface area contributed by atoms with Gasteiger partial charge in [-0.15, -0.1) is 12.4 Å². The van der Waals surface area contributed by atoms with E-state index in [1.165, 1.54) is 0 Å². The number of hydrogen-bond donors (Lipinski definition) is 2. The number of benzene rings is 1. The molecule has 1 aromatic rings. The summed E-state index contributed by atoms with van der Waals surface area (Å²) in [5.41, 5.74) is 1.29. The molecule has 2 amide bonds. The van der Waals surface area contributed by atoms with Crippen LogP contribution in [0.3, 0.4) is 0 Å². The molecule has 1 saturated heterocycles. The number of carbonyl (C=O) groups is 2. The average Bonchev–Trinajstić information content (AvgIpc) is 2.66. The maximum atomic E-state index is 12.7. The van der Waals surface area contributed by atoms with Crippen LogP contribution in [0.4, 0.5) is 0 Å². The van der Waals surface area contributed by atoms with Crippen molar-refractivity contribution in [1.82, 2.24) is 15.5 Å². The molecule has 0 radical (unpaired) electrons. The lowest BCUT2D eigenvalue weighted by atomic mass is 9.81. The van der Waals surface area contributed by atoms with E-state index in [0.29, 0.717) is 17.7 Å². The third kappa shape index (κ3) is 6.82. The highest BCUT2D eigenvalue weighted by atomic mass is 35.5. The molecule has 2 rings (SSSR count). The number of halogens is 1. The number of rotatable bonds is 8. The van der Waals surface area contributed by atoms with Gasteiger partial charge < -0.3 is 15.5 Å². The second-order valence-corrected chi connectivity index (χ2v) is 7.62. The normalized spacial score (nSPS) is 15.5. The van der Waals surface area contributed by atoms with Gasteiger partial charge >= 0.3 is 0 Å². The second-order valence-electron chi connectivity index (χ2n) is 7.62. The lowest BCUT2D eigenvalue weighted by Crippen LogP contribution is -2.42. The van der Waals surface area contributed by atoms with Crippen LogP contribution in [-0.4, -0.2) is 49.4 Å². The number of nitrogens with one attached hydrogen (secondary N) is 2. The Bertz CT molecular complexity index is 609. The van der Waals surface area contributed by atoms with Gasteiger partial charge in [-0.2, -0.15) is 0 Å². The maximum Gasteiger partial charge on any atom is 0.253 e. The van der Waals surface area contributed by atoms with E-state index in [9.17, 15) is 9.59 Å². The fraction of sp³-hybridized carbons (Fsp3) is 0.619. The van der Waals surface area contributed by atoms with Crippen molar-refractivity contribution < 1.29 is 9.59 Å². The highest BCUT2D eigenvalue weighted by Crippen LogP contribution is 2.26. The van der Waals surface area contributed by atoms with E-state index >= 15 is 0 Å². The Hall–Kier alpha value is -1.59. The first-order valence-corrected chi connectivity index (χ1v) is 9.87. The van der Waals surface area contributed by atoms with E-state index in [-0.39, 0.29) is 29.6 Å². The van der Waals surface area contributed by atoms with Gasteiger partial charge in [0.15, 0.2) is 0 Å². The fourth-order valence-corrected chi connectivity index (χ4v) is 3.43. The zero-order valence-corrected chi connectivity index (χ0v) is 17.7. The first-order chi connectivity index (χ1) is 12.5. The van der Waals surface area contributed by atoms with E-state index in [1.807, 2.05) is 4.90 Å². The van der Waals surface area contributed by atoms with Gasteiger partial charge in [0.2, 0.25) is 0 Å². The molecule has 0 unspecified atom stereocenters. The minimum absolute atomic E-state index is 0. The van der Waals surface area contributed by atoms with Gasteiger partial charge in [-0.1, -0.05) is 26.8 Å². The molecule has 0 saturated carbocycles. The van der Waals surface area contributed by atoms with E-state index in [0.717, 1.165) is 51.9 Å². The van der Waals surface area contributed by atoms with Crippen molar-refractivity contribution >= 4 is 24.2 Å². The minimum Gasteiger partial charge on any atom is -0.351 e. The molecule has 0 aromatic heterocycles. The molecule has 27 heavy (non-hydrogen) atoms. The quantitative estimate of drug-likeness (QED) is 0.708. The molecule has 2 N–H and O–H groups in total. The summed E-state index contributed by atoms with van der Waals surface area (Å²) in [6.45, 7) is 10.5. The summed E-state index contributed by atoms with van der Waals surface area (Å²) in [7, 11) is 0. The van der Waals surface area contributed by atoms with E-state index < -0.39 is 0 Å². The molecule has 5 nitrogen and oxygen atoms in total. The summed E-state index contributed by atoms with van der Waals surface area (Å²) in [6.07, 6.45) is 3.99. The Morgan fingerprint density at radius 1 is 1.11 bits per heavy atom. The number of amides is 2. The Morgan fingerprint density at radius 2 is 1.70 bits per heavy atom. The Labute approximate surface area is 169 Å². The Balaban J connectivity index is 0.00000364. The molecule has 1 aromatic carbocycles. The molecular formula is C21H34ClN3O2. The smallest absolute Gasteiger partial charge is 0.253 e. The largest absolute Gasteiger partial charge is 0.351 e. The van der Waals surface area contributed by atoms with E-state index in [1.54, 1.807) is 24.3 Å². The predicted molar refractivity (Wildman–Crippen MR) is 113 cm³/mol. The number of piperidine rings is 1. The van der Waals surface area contributed by atoms with Crippen LogP contribution in [0.2, 0.25) is 0 Å². The van der Waals surface area contributed by atoms with Crippen LogP contribution in [-0.2, 0) is 0 Å². The average molecular weight is 396 g/mol. The number of nitrogens with zero attached hydrogens (tertiary/aromatic N) is 1.